The van der Waals surface area contributed by atoms with Gasteiger partial charge >= 0.3 is 0 Å². The van der Waals surface area contributed by atoms with Gasteiger partial charge in [-0.1, -0.05) is 12.8 Å². The molecule has 1 aliphatic heterocycles. The van der Waals surface area contributed by atoms with Gasteiger partial charge in [0.25, 0.3) is 5.56 Å². The van der Waals surface area contributed by atoms with Gasteiger partial charge in [-0.05, 0) is 59.9 Å². The Morgan fingerprint density at radius 3 is 2.63 bits per heavy atom. The highest BCUT2D eigenvalue weighted by Crippen LogP contribution is 2.34. The lowest BCUT2D eigenvalue weighted by Crippen LogP contribution is -2.43. The first-order valence-electron chi connectivity index (χ1n) is 12.3. The molecule has 8 nitrogen and oxygen atoms in total. The number of nitrogens with zero attached hydrogens (tertiary/aromatic N) is 5. The van der Waals surface area contributed by atoms with Crippen molar-refractivity contribution in [1.29, 1.82) is 0 Å². The van der Waals surface area contributed by atoms with Crippen LogP contribution in [-0.2, 0) is 0 Å². The predicted molar refractivity (Wildman–Crippen MR) is 142 cm³/mol. The second kappa shape index (κ2) is 9.39. The summed E-state index contributed by atoms with van der Waals surface area (Å²) in [6, 6.07) is 6.22. The first-order chi connectivity index (χ1) is 17.2. The molecular formula is C26H29N7OS. The second-order valence-electron chi connectivity index (χ2n) is 9.32. The van der Waals surface area contributed by atoms with Crippen molar-refractivity contribution in [2.24, 2.45) is 0 Å². The van der Waals surface area contributed by atoms with Gasteiger partial charge in [-0.3, -0.25) is 9.36 Å². The summed E-state index contributed by atoms with van der Waals surface area (Å²) in [5, 5.41) is 11.6. The second-order valence-corrected chi connectivity index (χ2v) is 10.1. The van der Waals surface area contributed by atoms with E-state index in [1.807, 2.05) is 46.8 Å². The number of pyridine rings is 2. The Kier molecular flexibility index (Phi) is 5.95. The van der Waals surface area contributed by atoms with Crippen molar-refractivity contribution in [3.8, 4) is 11.1 Å². The van der Waals surface area contributed by atoms with E-state index in [-0.39, 0.29) is 11.6 Å². The van der Waals surface area contributed by atoms with Gasteiger partial charge in [-0.2, -0.15) is 16.3 Å². The molecule has 0 amide bonds. The van der Waals surface area contributed by atoms with Gasteiger partial charge in [-0.15, -0.1) is 0 Å². The minimum atomic E-state index is 0.0449. The predicted octanol–water partition coefficient (Wildman–Crippen LogP) is 4.49. The van der Waals surface area contributed by atoms with Gasteiger partial charge in [0.15, 0.2) is 0 Å². The van der Waals surface area contributed by atoms with Gasteiger partial charge in [0, 0.05) is 43.8 Å². The Morgan fingerprint density at radius 2 is 1.91 bits per heavy atom. The molecule has 6 rings (SSSR count). The maximum atomic E-state index is 13.8. The number of fused-ring (bicyclic) bond motifs is 1. The number of aromatic nitrogens is 4. The van der Waals surface area contributed by atoms with Crippen molar-refractivity contribution in [1.82, 2.24) is 24.8 Å². The van der Waals surface area contributed by atoms with Gasteiger partial charge < -0.3 is 15.5 Å². The van der Waals surface area contributed by atoms with E-state index < -0.39 is 0 Å². The molecule has 5 heterocycles. The highest BCUT2D eigenvalue weighted by Gasteiger charge is 2.25. The molecule has 1 aliphatic carbocycles. The molecule has 0 atom stereocenters. The highest BCUT2D eigenvalue weighted by molar-refractivity contribution is 7.08. The Balaban J connectivity index is 1.38. The summed E-state index contributed by atoms with van der Waals surface area (Å²) in [5.41, 5.74) is 4.53. The summed E-state index contributed by atoms with van der Waals surface area (Å²) in [6.45, 7) is 5.94. The van der Waals surface area contributed by atoms with E-state index >= 15 is 0 Å². The lowest BCUT2D eigenvalue weighted by molar-refractivity contribution is 0.516. The molecule has 0 radical (unpaired) electrons. The average molecular weight is 488 g/mol. The molecule has 1 saturated heterocycles. The van der Waals surface area contributed by atoms with Crippen molar-refractivity contribution in [2.45, 2.75) is 38.6 Å². The Morgan fingerprint density at radius 1 is 1.09 bits per heavy atom. The van der Waals surface area contributed by atoms with Crippen molar-refractivity contribution < 1.29 is 0 Å². The number of hydrogen-bond donors (Lipinski definition) is 2. The van der Waals surface area contributed by atoms with Gasteiger partial charge in [0.2, 0.25) is 5.95 Å². The Labute approximate surface area is 208 Å². The van der Waals surface area contributed by atoms with E-state index in [4.69, 9.17) is 4.98 Å². The number of hydrogen-bond acceptors (Lipinski definition) is 8. The van der Waals surface area contributed by atoms with Gasteiger partial charge in [0.1, 0.15) is 11.5 Å². The zero-order valence-electron chi connectivity index (χ0n) is 19.8. The standard InChI is InChI=1S/C26H29N7OS/c1-17-21-15-29-26(30-22-7-6-20(14-28-22)32-11-9-27-10-12-32)31-24(21)33(19-4-2-3-5-19)25(34)23(17)18-8-13-35-16-18/h6-8,13-16,19,27H,2-5,9-12H2,1H3,(H,28,29,30,31). The molecule has 2 aliphatic rings. The molecule has 2 N–H and O–H groups in total. The fourth-order valence-electron chi connectivity index (χ4n) is 5.33. The molecule has 0 aromatic carbocycles. The van der Waals surface area contributed by atoms with Crippen LogP contribution in [0.1, 0.15) is 37.3 Å². The van der Waals surface area contributed by atoms with Crippen LogP contribution in [-0.4, -0.2) is 45.7 Å². The van der Waals surface area contributed by atoms with Crippen molar-refractivity contribution in [3.05, 3.63) is 57.3 Å². The molecule has 35 heavy (non-hydrogen) atoms. The van der Waals surface area contributed by atoms with Crippen LogP contribution in [0.3, 0.4) is 0 Å². The summed E-state index contributed by atoms with van der Waals surface area (Å²) in [6.07, 6.45) is 8.02. The fourth-order valence-corrected chi connectivity index (χ4v) is 5.97. The molecule has 0 spiro atoms. The first-order valence-corrected chi connectivity index (χ1v) is 13.3. The number of anilines is 3. The molecule has 0 bridgehead atoms. The van der Waals surface area contributed by atoms with Crippen LogP contribution in [0.5, 0.6) is 0 Å². The molecule has 4 aromatic heterocycles. The maximum Gasteiger partial charge on any atom is 0.260 e. The number of rotatable bonds is 5. The van der Waals surface area contributed by atoms with E-state index in [0.29, 0.717) is 17.4 Å². The molecule has 2 fully saturated rings. The van der Waals surface area contributed by atoms with Crippen LogP contribution in [0.15, 0.2) is 46.1 Å². The van der Waals surface area contributed by atoms with E-state index in [0.717, 1.165) is 79.6 Å². The van der Waals surface area contributed by atoms with Crippen LogP contribution >= 0.6 is 11.3 Å². The van der Waals surface area contributed by atoms with Crippen LogP contribution in [0, 0.1) is 6.92 Å². The number of nitrogens with one attached hydrogen (secondary N) is 2. The maximum absolute atomic E-state index is 13.8. The van der Waals surface area contributed by atoms with Crippen molar-refractivity contribution in [3.63, 3.8) is 0 Å². The number of aryl methyl sites for hydroxylation is 1. The monoisotopic (exact) mass is 487 g/mol. The molecule has 180 valence electrons. The smallest absolute Gasteiger partial charge is 0.260 e. The molecule has 1 saturated carbocycles. The van der Waals surface area contributed by atoms with E-state index in [2.05, 4.69) is 31.6 Å². The topological polar surface area (TPSA) is 88.0 Å². The quantitative estimate of drug-likeness (QED) is 0.429. The average Bonchev–Trinajstić information content (AvgIpc) is 3.61. The highest BCUT2D eigenvalue weighted by atomic mass is 32.1. The Bertz CT molecular complexity index is 1390. The first kappa shape index (κ1) is 22.2. The lowest BCUT2D eigenvalue weighted by Gasteiger charge is -2.29. The SMILES string of the molecule is Cc1c(-c2ccsc2)c(=O)n(C2CCCC2)c2nc(Nc3ccc(N4CCNCC4)cn3)ncc12. The largest absolute Gasteiger partial charge is 0.368 e. The summed E-state index contributed by atoms with van der Waals surface area (Å²) in [5.74, 6) is 1.14. The zero-order valence-corrected chi connectivity index (χ0v) is 20.6. The lowest BCUT2D eigenvalue weighted by atomic mass is 10.0. The number of thiophene rings is 1. The van der Waals surface area contributed by atoms with Crippen LogP contribution in [0.4, 0.5) is 17.5 Å². The minimum absolute atomic E-state index is 0.0449. The van der Waals surface area contributed by atoms with E-state index in [1.54, 1.807) is 11.3 Å². The van der Waals surface area contributed by atoms with Gasteiger partial charge in [0.05, 0.1) is 17.4 Å². The normalized spacial score (nSPS) is 16.8. The summed E-state index contributed by atoms with van der Waals surface area (Å²) in [4.78, 5) is 30.2. The molecule has 9 heteroatoms. The number of piperazine rings is 1. The third kappa shape index (κ3) is 4.19. The third-order valence-corrected chi connectivity index (χ3v) is 7.86. The third-order valence-electron chi connectivity index (χ3n) is 7.18. The van der Waals surface area contributed by atoms with Crippen molar-refractivity contribution >= 4 is 39.8 Å². The van der Waals surface area contributed by atoms with Crippen LogP contribution < -0.4 is 21.1 Å². The summed E-state index contributed by atoms with van der Waals surface area (Å²) in [7, 11) is 0. The molecule has 4 aromatic rings. The van der Waals surface area contributed by atoms with E-state index in [9.17, 15) is 4.79 Å². The summed E-state index contributed by atoms with van der Waals surface area (Å²) >= 11 is 1.61. The zero-order chi connectivity index (χ0) is 23.8. The Hall–Kier alpha value is -3.30. The van der Waals surface area contributed by atoms with Crippen molar-refractivity contribution in [2.75, 3.05) is 36.4 Å². The molecule has 0 unspecified atom stereocenters. The summed E-state index contributed by atoms with van der Waals surface area (Å²) < 4.78 is 1.93. The molecular weight excluding hydrogens is 458 g/mol. The van der Waals surface area contributed by atoms with E-state index in [1.165, 1.54) is 0 Å². The minimum Gasteiger partial charge on any atom is -0.368 e. The fraction of sp³-hybridized carbons (Fsp3) is 0.385. The van der Waals surface area contributed by atoms with Crippen LogP contribution in [0.2, 0.25) is 0 Å². The van der Waals surface area contributed by atoms with Crippen LogP contribution in [0.25, 0.3) is 22.2 Å². The van der Waals surface area contributed by atoms with Gasteiger partial charge in [-0.25, -0.2) is 9.97 Å².